The molecule has 0 aromatic heterocycles. The molecule has 0 bridgehead atoms. The lowest BCUT2D eigenvalue weighted by Crippen LogP contribution is -2.51. The van der Waals surface area contributed by atoms with Crippen LogP contribution in [0.15, 0.2) is 18.2 Å². The van der Waals surface area contributed by atoms with Crippen molar-refractivity contribution in [1.29, 1.82) is 0 Å². The average Bonchev–Trinajstić information content (AvgIpc) is 2.47. The van der Waals surface area contributed by atoms with E-state index in [2.05, 4.69) is 21.2 Å². The van der Waals surface area contributed by atoms with Crippen molar-refractivity contribution in [2.45, 2.75) is 37.6 Å². The van der Waals surface area contributed by atoms with Crippen molar-refractivity contribution in [3.05, 3.63) is 28.8 Å². The molecular formula is C15H19BrClNO2. The molecule has 0 radical (unpaired) electrons. The Morgan fingerprint density at radius 3 is 2.70 bits per heavy atom. The highest BCUT2D eigenvalue weighted by Gasteiger charge is 2.33. The lowest BCUT2D eigenvalue weighted by molar-refractivity contribution is 0.0883. The van der Waals surface area contributed by atoms with Crippen LogP contribution < -0.4 is 10.1 Å². The number of alkyl halides is 1. The van der Waals surface area contributed by atoms with Crippen LogP contribution >= 0.6 is 27.5 Å². The minimum Gasteiger partial charge on any atom is -0.496 e. The highest BCUT2D eigenvalue weighted by Crippen LogP contribution is 2.31. The smallest absolute Gasteiger partial charge is 0.255 e. The summed E-state index contributed by atoms with van der Waals surface area (Å²) in [5.41, 5.74) is 0.391. The minimum absolute atomic E-state index is 0.0973. The summed E-state index contributed by atoms with van der Waals surface area (Å²) in [5, 5.41) is 4.52. The highest BCUT2D eigenvalue weighted by atomic mass is 79.9. The zero-order valence-electron chi connectivity index (χ0n) is 11.5. The Kier molecular flexibility index (Phi) is 5.33. The standard InChI is InChI=1S/C15H19BrClNO2/c1-20-13-9-11(17)5-6-12(13)14(19)18-15(10-16)7-3-2-4-8-15/h5-6,9H,2-4,7-8,10H2,1H3,(H,18,19). The van der Waals surface area contributed by atoms with Crippen LogP contribution in [-0.2, 0) is 0 Å². The Balaban J connectivity index is 2.18. The van der Waals surface area contributed by atoms with Crippen molar-refractivity contribution < 1.29 is 9.53 Å². The van der Waals surface area contributed by atoms with Crippen molar-refractivity contribution in [1.82, 2.24) is 5.32 Å². The molecular weight excluding hydrogens is 342 g/mol. The summed E-state index contributed by atoms with van der Waals surface area (Å²) in [6.45, 7) is 0. The summed E-state index contributed by atoms with van der Waals surface area (Å²) in [4.78, 5) is 12.5. The predicted octanol–water partition coefficient (Wildman–Crippen LogP) is 4.18. The summed E-state index contributed by atoms with van der Waals surface area (Å²) in [6.07, 6.45) is 5.59. The normalized spacial score (nSPS) is 17.6. The van der Waals surface area contributed by atoms with Crippen molar-refractivity contribution in [2.24, 2.45) is 0 Å². The molecule has 1 saturated carbocycles. The summed E-state index contributed by atoms with van der Waals surface area (Å²) in [5.74, 6) is 0.412. The van der Waals surface area contributed by atoms with Crippen LogP contribution in [0.25, 0.3) is 0 Å². The van der Waals surface area contributed by atoms with E-state index in [1.54, 1.807) is 25.3 Å². The van der Waals surface area contributed by atoms with Gasteiger partial charge in [0.1, 0.15) is 5.75 Å². The minimum atomic E-state index is -0.139. The SMILES string of the molecule is COc1cc(Cl)ccc1C(=O)NC1(CBr)CCCCC1. The molecule has 0 atom stereocenters. The molecule has 3 nitrogen and oxygen atoms in total. The lowest BCUT2D eigenvalue weighted by Gasteiger charge is -2.36. The lowest BCUT2D eigenvalue weighted by atomic mass is 9.83. The van der Waals surface area contributed by atoms with E-state index < -0.39 is 0 Å². The van der Waals surface area contributed by atoms with Gasteiger partial charge in [-0.25, -0.2) is 0 Å². The molecule has 2 rings (SSSR count). The first-order valence-electron chi connectivity index (χ1n) is 6.82. The fraction of sp³-hybridized carbons (Fsp3) is 0.533. The van der Waals surface area contributed by atoms with Crippen molar-refractivity contribution in [2.75, 3.05) is 12.4 Å². The van der Waals surface area contributed by atoms with Crippen molar-refractivity contribution >= 4 is 33.4 Å². The second kappa shape index (κ2) is 6.81. The summed E-state index contributed by atoms with van der Waals surface area (Å²) in [7, 11) is 1.54. The first-order valence-corrected chi connectivity index (χ1v) is 8.32. The monoisotopic (exact) mass is 359 g/mol. The van der Waals surface area contributed by atoms with Gasteiger partial charge in [0, 0.05) is 10.4 Å². The Morgan fingerprint density at radius 2 is 2.10 bits per heavy atom. The van der Waals surface area contributed by atoms with Gasteiger partial charge in [-0.2, -0.15) is 0 Å². The zero-order chi connectivity index (χ0) is 14.6. The molecule has 0 saturated heterocycles. The van der Waals surface area contributed by atoms with Gasteiger partial charge >= 0.3 is 0 Å². The Hall–Kier alpha value is -0.740. The predicted molar refractivity (Wildman–Crippen MR) is 85.1 cm³/mol. The molecule has 0 heterocycles. The maximum Gasteiger partial charge on any atom is 0.255 e. The van der Waals surface area contributed by atoms with E-state index in [4.69, 9.17) is 16.3 Å². The molecule has 20 heavy (non-hydrogen) atoms. The number of amides is 1. The number of halogens is 2. The van der Waals surface area contributed by atoms with Gasteiger partial charge in [-0.05, 0) is 31.0 Å². The van der Waals surface area contributed by atoms with E-state index >= 15 is 0 Å². The number of rotatable bonds is 4. The number of hydrogen-bond donors (Lipinski definition) is 1. The molecule has 1 aliphatic rings. The molecule has 1 aromatic rings. The Labute approximate surface area is 133 Å². The molecule has 1 amide bonds. The summed E-state index contributed by atoms with van der Waals surface area (Å²) in [6, 6.07) is 5.08. The van der Waals surface area contributed by atoms with Gasteiger partial charge in [0.05, 0.1) is 18.2 Å². The maximum absolute atomic E-state index is 12.5. The number of carbonyl (C=O) groups is 1. The van der Waals surface area contributed by atoms with Crippen LogP contribution in [-0.4, -0.2) is 23.9 Å². The third-order valence-electron chi connectivity index (χ3n) is 3.85. The van der Waals surface area contributed by atoms with E-state index in [0.717, 1.165) is 31.0 Å². The quantitative estimate of drug-likeness (QED) is 0.818. The highest BCUT2D eigenvalue weighted by molar-refractivity contribution is 9.09. The van der Waals surface area contributed by atoms with Gasteiger partial charge < -0.3 is 10.1 Å². The number of carbonyl (C=O) groups excluding carboxylic acids is 1. The molecule has 1 N–H and O–H groups in total. The molecule has 1 aromatic carbocycles. The molecule has 1 fully saturated rings. The number of ether oxygens (including phenoxy) is 1. The van der Waals surface area contributed by atoms with Gasteiger partial charge in [-0.3, -0.25) is 4.79 Å². The zero-order valence-corrected chi connectivity index (χ0v) is 13.9. The second-order valence-electron chi connectivity index (χ2n) is 5.27. The first-order chi connectivity index (χ1) is 9.60. The van der Waals surface area contributed by atoms with E-state index in [1.807, 2.05) is 0 Å². The van der Waals surface area contributed by atoms with Gasteiger partial charge in [0.15, 0.2) is 0 Å². The summed E-state index contributed by atoms with van der Waals surface area (Å²) >= 11 is 9.48. The first kappa shape index (κ1) is 15.6. The molecule has 5 heteroatoms. The summed E-state index contributed by atoms with van der Waals surface area (Å²) < 4.78 is 5.25. The molecule has 0 unspecified atom stereocenters. The van der Waals surface area contributed by atoms with Crippen LogP contribution in [0.5, 0.6) is 5.75 Å². The van der Waals surface area contributed by atoms with E-state index in [1.165, 1.54) is 6.42 Å². The molecule has 0 aliphatic heterocycles. The Morgan fingerprint density at radius 1 is 1.40 bits per heavy atom. The van der Waals surface area contributed by atoms with E-state index in [9.17, 15) is 4.79 Å². The van der Waals surface area contributed by atoms with Gasteiger partial charge in [-0.1, -0.05) is 46.8 Å². The number of hydrogen-bond acceptors (Lipinski definition) is 2. The van der Waals surface area contributed by atoms with Crippen LogP contribution in [0.3, 0.4) is 0 Å². The third-order valence-corrected chi connectivity index (χ3v) is 5.16. The fourth-order valence-corrected chi connectivity index (χ4v) is 3.54. The Bertz CT molecular complexity index is 487. The van der Waals surface area contributed by atoms with E-state index in [-0.39, 0.29) is 11.4 Å². The number of benzene rings is 1. The van der Waals surface area contributed by atoms with Crippen LogP contribution in [0.4, 0.5) is 0 Å². The van der Waals surface area contributed by atoms with Crippen molar-refractivity contribution in [3.63, 3.8) is 0 Å². The van der Waals surface area contributed by atoms with Gasteiger partial charge in [0.25, 0.3) is 5.91 Å². The molecule has 1 aliphatic carbocycles. The van der Waals surface area contributed by atoms with Gasteiger partial charge in [-0.15, -0.1) is 0 Å². The molecule has 110 valence electrons. The third kappa shape index (κ3) is 3.47. The van der Waals surface area contributed by atoms with Crippen molar-refractivity contribution in [3.8, 4) is 5.75 Å². The largest absolute Gasteiger partial charge is 0.496 e. The van der Waals surface area contributed by atoms with E-state index in [0.29, 0.717) is 16.3 Å². The topological polar surface area (TPSA) is 38.3 Å². The van der Waals surface area contributed by atoms with Crippen LogP contribution in [0.1, 0.15) is 42.5 Å². The number of methoxy groups -OCH3 is 1. The average molecular weight is 361 g/mol. The molecule has 0 spiro atoms. The fourth-order valence-electron chi connectivity index (χ4n) is 2.68. The second-order valence-corrected chi connectivity index (χ2v) is 6.27. The van der Waals surface area contributed by atoms with Gasteiger partial charge in [0.2, 0.25) is 0 Å². The number of nitrogens with one attached hydrogen (secondary N) is 1. The van der Waals surface area contributed by atoms with Crippen LogP contribution in [0.2, 0.25) is 5.02 Å². The maximum atomic E-state index is 12.5. The van der Waals surface area contributed by atoms with Crippen LogP contribution in [0, 0.1) is 0 Å².